The number of nitrogens with one attached hydrogen (secondary N) is 1. The van der Waals surface area contributed by atoms with E-state index >= 15 is 0 Å². The fourth-order valence-corrected chi connectivity index (χ4v) is 4.18. The topological polar surface area (TPSA) is 121 Å². The number of carbonyl (C=O) groups is 3. The fourth-order valence-electron chi connectivity index (χ4n) is 4.18. The van der Waals surface area contributed by atoms with Gasteiger partial charge in [0.25, 0.3) is 17.6 Å². The number of amides is 2. The minimum Gasteiger partial charge on any atom is -0.494 e. The molecule has 176 valence electrons. The van der Waals surface area contributed by atoms with Crippen molar-refractivity contribution in [3.63, 3.8) is 0 Å². The minimum absolute atomic E-state index is 0.0893. The van der Waals surface area contributed by atoms with E-state index in [0.717, 1.165) is 0 Å². The minimum atomic E-state index is -0.663. The maximum Gasteiger partial charge on any atom is 0.295 e. The maximum atomic E-state index is 13.3. The van der Waals surface area contributed by atoms with E-state index in [9.17, 15) is 14.4 Å². The zero-order valence-corrected chi connectivity index (χ0v) is 19.0. The second kappa shape index (κ2) is 9.34. The number of ether oxygens (including phenoxy) is 1. The van der Waals surface area contributed by atoms with Crippen LogP contribution in [0.15, 0.2) is 61.2 Å². The lowest BCUT2D eigenvalue weighted by molar-refractivity contribution is -0.127. The molecule has 1 aliphatic rings. The molecule has 4 heterocycles. The average Bonchev–Trinajstić information content (AvgIpc) is 3.38. The third-order valence-corrected chi connectivity index (χ3v) is 5.99. The molecule has 1 saturated heterocycles. The molecule has 1 aromatic carbocycles. The first kappa shape index (κ1) is 22.2. The lowest BCUT2D eigenvalue weighted by Gasteiger charge is -2.34. The molecular formula is C25H22N6O4. The van der Waals surface area contributed by atoms with Gasteiger partial charge in [0.1, 0.15) is 11.4 Å². The number of fused-ring (bicyclic) bond motifs is 1. The highest BCUT2D eigenvalue weighted by Gasteiger charge is 2.31. The molecule has 0 aliphatic carbocycles. The zero-order chi connectivity index (χ0) is 24.4. The Morgan fingerprint density at radius 1 is 0.914 bits per heavy atom. The first-order valence-corrected chi connectivity index (χ1v) is 11.1. The average molecular weight is 470 g/mol. The lowest BCUT2D eigenvalue weighted by atomic mass is 10.1. The van der Waals surface area contributed by atoms with Gasteiger partial charge in [-0.05, 0) is 18.2 Å². The van der Waals surface area contributed by atoms with Crippen molar-refractivity contribution in [1.82, 2.24) is 29.7 Å². The van der Waals surface area contributed by atoms with Crippen LogP contribution in [0, 0.1) is 0 Å². The van der Waals surface area contributed by atoms with Gasteiger partial charge in [-0.25, -0.2) is 15.0 Å². The number of aromatic nitrogens is 4. The summed E-state index contributed by atoms with van der Waals surface area (Å²) in [7, 11) is 1.47. The third-order valence-electron chi connectivity index (χ3n) is 5.99. The van der Waals surface area contributed by atoms with Crippen molar-refractivity contribution in [2.75, 3.05) is 33.3 Å². The summed E-state index contributed by atoms with van der Waals surface area (Å²) in [5.41, 5.74) is 1.73. The van der Waals surface area contributed by atoms with Gasteiger partial charge in [0.15, 0.2) is 5.82 Å². The normalized spacial score (nSPS) is 13.6. The zero-order valence-electron chi connectivity index (χ0n) is 19.0. The summed E-state index contributed by atoms with van der Waals surface area (Å²) in [6.07, 6.45) is 6.16. The van der Waals surface area contributed by atoms with Crippen molar-refractivity contribution < 1.29 is 19.1 Å². The van der Waals surface area contributed by atoms with E-state index in [1.807, 2.05) is 18.2 Å². The van der Waals surface area contributed by atoms with Crippen LogP contribution in [0.25, 0.3) is 22.4 Å². The van der Waals surface area contributed by atoms with E-state index in [-0.39, 0.29) is 24.6 Å². The SMILES string of the molecule is COc1cnc(-c2ncccn2)c2[nH]cc(C(=O)C(=O)N3CCN(C(=O)c4ccccc4)CC3)c12. The molecule has 0 radical (unpaired) electrons. The summed E-state index contributed by atoms with van der Waals surface area (Å²) in [5, 5.41) is 0.446. The Hall–Kier alpha value is -4.60. The van der Waals surface area contributed by atoms with Gasteiger partial charge in [-0.1, -0.05) is 18.2 Å². The molecular weight excluding hydrogens is 448 g/mol. The van der Waals surface area contributed by atoms with Gasteiger partial charge >= 0.3 is 0 Å². The monoisotopic (exact) mass is 470 g/mol. The molecule has 0 bridgehead atoms. The largest absolute Gasteiger partial charge is 0.494 e. The van der Waals surface area contributed by atoms with Crippen LogP contribution in [0.2, 0.25) is 0 Å². The van der Waals surface area contributed by atoms with E-state index in [4.69, 9.17) is 4.74 Å². The van der Waals surface area contributed by atoms with Crippen LogP contribution < -0.4 is 4.74 Å². The first-order chi connectivity index (χ1) is 17.1. The number of hydrogen-bond donors (Lipinski definition) is 1. The van der Waals surface area contributed by atoms with Crippen LogP contribution >= 0.6 is 0 Å². The molecule has 2 amide bonds. The Morgan fingerprint density at radius 3 is 2.29 bits per heavy atom. The fraction of sp³-hybridized carbons (Fsp3) is 0.200. The summed E-state index contributed by atoms with van der Waals surface area (Å²) in [4.78, 5) is 58.1. The molecule has 5 rings (SSSR count). The number of benzene rings is 1. The van der Waals surface area contributed by atoms with Crippen LogP contribution in [0.4, 0.5) is 0 Å². The number of rotatable bonds is 5. The molecule has 35 heavy (non-hydrogen) atoms. The van der Waals surface area contributed by atoms with Crippen LogP contribution in [-0.4, -0.2) is 80.6 Å². The molecule has 0 saturated carbocycles. The molecule has 10 heteroatoms. The molecule has 4 aromatic rings. The van der Waals surface area contributed by atoms with Crippen LogP contribution in [0.3, 0.4) is 0 Å². The van der Waals surface area contributed by atoms with Crippen LogP contribution in [0.5, 0.6) is 5.75 Å². The van der Waals surface area contributed by atoms with Crippen LogP contribution in [-0.2, 0) is 4.79 Å². The highest BCUT2D eigenvalue weighted by Crippen LogP contribution is 2.33. The molecule has 1 N–H and O–H groups in total. The molecule has 1 fully saturated rings. The quantitative estimate of drug-likeness (QED) is 0.351. The molecule has 3 aromatic heterocycles. The Bertz CT molecular complexity index is 1400. The number of nitrogens with zero attached hydrogens (tertiary/aromatic N) is 5. The van der Waals surface area contributed by atoms with Gasteiger partial charge in [-0.3, -0.25) is 14.4 Å². The molecule has 1 aliphatic heterocycles. The Kier molecular flexibility index (Phi) is 5.92. The highest BCUT2D eigenvalue weighted by atomic mass is 16.5. The Morgan fingerprint density at radius 2 is 1.60 bits per heavy atom. The number of hydrogen-bond acceptors (Lipinski definition) is 7. The summed E-state index contributed by atoms with van der Waals surface area (Å²) >= 11 is 0. The van der Waals surface area contributed by atoms with Gasteiger partial charge in [0.05, 0.1) is 29.8 Å². The van der Waals surface area contributed by atoms with Gasteiger partial charge in [-0.2, -0.15) is 0 Å². The number of pyridine rings is 1. The van der Waals surface area contributed by atoms with Crippen molar-refractivity contribution in [3.05, 3.63) is 72.3 Å². The number of H-pyrrole nitrogens is 1. The predicted octanol–water partition coefficient (Wildman–Crippen LogP) is 2.20. The van der Waals surface area contributed by atoms with Gasteiger partial charge < -0.3 is 19.5 Å². The smallest absolute Gasteiger partial charge is 0.295 e. The van der Waals surface area contributed by atoms with E-state index in [2.05, 4.69) is 19.9 Å². The number of piperazine rings is 1. The van der Waals surface area contributed by atoms with Gasteiger partial charge in [-0.15, -0.1) is 0 Å². The molecule has 0 unspecified atom stereocenters. The van der Waals surface area contributed by atoms with Gasteiger partial charge in [0.2, 0.25) is 0 Å². The van der Waals surface area contributed by atoms with Crippen molar-refractivity contribution in [1.29, 1.82) is 0 Å². The number of Topliss-reactive ketones (excluding diaryl/α,β-unsaturated/α-hetero) is 1. The van der Waals surface area contributed by atoms with Crippen molar-refractivity contribution >= 4 is 28.5 Å². The van der Waals surface area contributed by atoms with E-state index < -0.39 is 11.7 Å². The molecule has 0 atom stereocenters. The van der Waals surface area contributed by atoms with Crippen molar-refractivity contribution in [2.24, 2.45) is 0 Å². The lowest BCUT2D eigenvalue weighted by Crippen LogP contribution is -2.52. The highest BCUT2D eigenvalue weighted by molar-refractivity contribution is 6.45. The maximum absolute atomic E-state index is 13.3. The van der Waals surface area contributed by atoms with E-state index in [1.165, 1.54) is 24.4 Å². The summed E-state index contributed by atoms with van der Waals surface area (Å²) < 4.78 is 5.43. The predicted molar refractivity (Wildman–Crippen MR) is 127 cm³/mol. The van der Waals surface area contributed by atoms with Crippen molar-refractivity contribution in [2.45, 2.75) is 0 Å². The second-order valence-corrected chi connectivity index (χ2v) is 7.98. The number of methoxy groups -OCH3 is 1. The van der Waals surface area contributed by atoms with E-state index in [0.29, 0.717) is 46.8 Å². The standard InChI is InChI=1S/C25H22N6O4/c1-35-18-15-29-21(23-26-8-5-9-27-23)20-19(18)17(14-28-20)22(32)25(34)31-12-10-30(11-13-31)24(33)16-6-3-2-4-7-16/h2-9,14-15,28H,10-13H2,1H3. The van der Waals surface area contributed by atoms with Gasteiger partial charge in [0, 0.05) is 50.3 Å². The summed E-state index contributed by atoms with van der Waals surface area (Å²) in [6, 6.07) is 10.7. The summed E-state index contributed by atoms with van der Waals surface area (Å²) in [6.45, 7) is 1.24. The number of aromatic amines is 1. The second-order valence-electron chi connectivity index (χ2n) is 7.98. The van der Waals surface area contributed by atoms with Crippen molar-refractivity contribution in [3.8, 4) is 17.3 Å². The molecule has 0 spiro atoms. The third kappa shape index (κ3) is 4.10. The van der Waals surface area contributed by atoms with E-state index in [1.54, 1.807) is 35.5 Å². The number of ketones is 1. The Balaban J connectivity index is 1.37. The number of carbonyl (C=O) groups excluding carboxylic acids is 3. The summed E-state index contributed by atoms with van der Waals surface area (Å²) in [5.74, 6) is -0.645. The Labute approximate surface area is 200 Å². The molecule has 10 nitrogen and oxygen atoms in total. The van der Waals surface area contributed by atoms with Crippen LogP contribution in [0.1, 0.15) is 20.7 Å². The first-order valence-electron chi connectivity index (χ1n) is 11.1.